The van der Waals surface area contributed by atoms with Crippen molar-refractivity contribution in [1.29, 1.82) is 0 Å². The zero-order chi connectivity index (χ0) is 25.1. The lowest BCUT2D eigenvalue weighted by Crippen LogP contribution is -2.21. The summed E-state index contributed by atoms with van der Waals surface area (Å²) in [6.45, 7) is 0.258. The molecule has 0 fully saturated rings. The Kier molecular flexibility index (Phi) is 6.23. The second kappa shape index (κ2) is 9.79. The van der Waals surface area contributed by atoms with Gasteiger partial charge in [-0.05, 0) is 35.9 Å². The largest absolute Gasteiger partial charge is 0.487 e. The predicted molar refractivity (Wildman–Crippen MR) is 131 cm³/mol. The van der Waals surface area contributed by atoms with Crippen LogP contribution in [0, 0.1) is 11.6 Å². The van der Waals surface area contributed by atoms with Crippen molar-refractivity contribution in [3.8, 4) is 5.75 Å². The zero-order valence-corrected chi connectivity index (χ0v) is 18.8. The summed E-state index contributed by atoms with van der Waals surface area (Å²) < 4.78 is 33.6. The number of fused-ring (bicyclic) bond motifs is 1. The number of para-hydroxylation sites is 2. The number of nitrogens with zero attached hydrogens (tertiary/aromatic N) is 1. The minimum absolute atomic E-state index is 0.0767. The highest BCUT2D eigenvalue weighted by Gasteiger charge is 2.30. The lowest BCUT2D eigenvalue weighted by atomic mass is 9.96. The van der Waals surface area contributed by atoms with E-state index in [1.165, 1.54) is 18.5 Å². The van der Waals surface area contributed by atoms with Crippen LogP contribution < -0.4 is 15.4 Å². The van der Waals surface area contributed by atoms with Gasteiger partial charge in [-0.25, -0.2) is 8.78 Å². The summed E-state index contributed by atoms with van der Waals surface area (Å²) in [5, 5.41) is 6.03. The predicted octanol–water partition coefficient (Wildman–Crippen LogP) is 5.75. The number of carbonyl (C=O) groups is 2. The van der Waals surface area contributed by atoms with E-state index in [1.54, 1.807) is 24.3 Å². The van der Waals surface area contributed by atoms with Gasteiger partial charge in [-0.3, -0.25) is 14.6 Å². The fourth-order valence-electron chi connectivity index (χ4n) is 3.79. The van der Waals surface area contributed by atoms with Crippen LogP contribution in [0.25, 0.3) is 0 Å². The second-order valence-corrected chi connectivity index (χ2v) is 8.05. The molecule has 5 rings (SSSR count). The summed E-state index contributed by atoms with van der Waals surface area (Å²) in [6, 6.07) is 20.5. The SMILES string of the molecule is O=C(C(C(=O)c1cncc(OCc2ccccc2)c1)=C1Nc2ccccc2N1)c1cc(F)cc(F)c1. The number of allylic oxidation sites excluding steroid dienone is 1. The Morgan fingerprint density at radius 3 is 2.03 bits per heavy atom. The van der Waals surface area contributed by atoms with Crippen LogP contribution in [0.4, 0.5) is 20.2 Å². The third-order valence-electron chi connectivity index (χ3n) is 5.50. The molecule has 4 aromatic rings. The summed E-state index contributed by atoms with van der Waals surface area (Å²) in [5.74, 6) is -2.96. The van der Waals surface area contributed by atoms with Gasteiger partial charge < -0.3 is 15.4 Å². The van der Waals surface area contributed by atoms with E-state index in [2.05, 4.69) is 15.6 Å². The number of Topliss-reactive ketones (excluding diaryl/α,β-unsaturated/α-hetero) is 2. The van der Waals surface area contributed by atoms with Crippen LogP contribution in [-0.4, -0.2) is 16.6 Å². The van der Waals surface area contributed by atoms with Crippen LogP contribution in [0.1, 0.15) is 26.3 Å². The molecule has 0 aliphatic carbocycles. The van der Waals surface area contributed by atoms with Crippen LogP contribution in [0.3, 0.4) is 0 Å². The number of pyridine rings is 1. The Labute approximate surface area is 205 Å². The van der Waals surface area contributed by atoms with Crippen molar-refractivity contribution >= 4 is 22.9 Å². The highest BCUT2D eigenvalue weighted by atomic mass is 19.1. The van der Waals surface area contributed by atoms with Gasteiger partial charge in [0.1, 0.15) is 35.4 Å². The average Bonchev–Trinajstić information content (AvgIpc) is 3.31. The van der Waals surface area contributed by atoms with Crippen molar-refractivity contribution in [2.24, 2.45) is 0 Å². The lowest BCUT2D eigenvalue weighted by molar-refractivity contribution is 0.0960. The molecule has 36 heavy (non-hydrogen) atoms. The van der Waals surface area contributed by atoms with Gasteiger partial charge in [-0.2, -0.15) is 0 Å². The molecule has 0 spiro atoms. The molecule has 0 atom stereocenters. The number of hydrogen-bond acceptors (Lipinski definition) is 6. The molecular weight excluding hydrogens is 464 g/mol. The molecule has 1 aliphatic heterocycles. The van der Waals surface area contributed by atoms with Crippen molar-refractivity contribution in [1.82, 2.24) is 4.98 Å². The Morgan fingerprint density at radius 2 is 1.36 bits per heavy atom. The van der Waals surface area contributed by atoms with Crippen molar-refractivity contribution in [3.63, 3.8) is 0 Å². The van der Waals surface area contributed by atoms with E-state index < -0.39 is 23.2 Å². The van der Waals surface area contributed by atoms with Gasteiger partial charge in [0.15, 0.2) is 0 Å². The van der Waals surface area contributed by atoms with E-state index in [-0.39, 0.29) is 29.1 Å². The maximum atomic E-state index is 13.9. The van der Waals surface area contributed by atoms with Gasteiger partial charge in [-0.1, -0.05) is 42.5 Å². The maximum Gasteiger partial charge on any atom is 0.202 e. The molecule has 2 N–H and O–H groups in total. The first-order chi connectivity index (χ1) is 17.5. The van der Waals surface area contributed by atoms with E-state index in [0.717, 1.165) is 17.7 Å². The number of benzene rings is 3. The highest BCUT2D eigenvalue weighted by Crippen LogP contribution is 2.33. The van der Waals surface area contributed by atoms with Gasteiger partial charge in [0.25, 0.3) is 0 Å². The number of hydrogen-bond donors (Lipinski definition) is 2. The molecule has 6 nitrogen and oxygen atoms in total. The Bertz CT molecular complexity index is 1460. The summed E-state index contributed by atoms with van der Waals surface area (Å²) in [7, 11) is 0. The van der Waals surface area contributed by atoms with Gasteiger partial charge >= 0.3 is 0 Å². The topological polar surface area (TPSA) is 80.3 Å². The molecule has 0 radical (unpaired) electrons. The normalized spacial score (nSPS) is 11.8. The average molecular weight is 483 g/mol. The summed E-state index contributed by atoms with van der Waals surface area (Å²) in [5.41, 5.74) is 1.68. The Morgan fingerprint density at radius 1 is 0.750 bits per heavy atom. The van der Waals surface area contributed by atoms with Gasteiger partial charge in [0, 0.05) is 23.4 Å². The van der Waals surface area contributed by atoms with E-state index in [9.17, 15) is 18.4 Å². The molecule has 0 unspecified atom stereocenters. The van der Waals surface area contributed by atoms with Crippen LogP contribution in [0.15, 0.2) is 103 Å². The van der Waals surface area contributed by atoms with Crippen LogP contribution in [0.5, 0.6) is 5.75 Å². The number of rotatable bonds is 7. The number of anilines is 2. The first kappa shape index (κ1) is 22.9. The van der Waals surface area contributed by atoms with E-state index in [0.29, 0.717) is 23.2 Å². The third kappa shape index (κ3) is 4.83. The maximum absolute atomic E-state index is 13.9. The molecule has 0 amide bonds. The molecule has 2 heterocycles. The van der Waals surface area contributed by atoms with Crippen molar-refractivity contribution in [2.75, 3.05) is 10.6 Å². The van der Waals surface area contributed by atoms with Crippen LogP contribution in [0.2, 0.25) is 0 Å². The lowest BCUT2D eigenvalue weighted by Gasteiger charge is -2.12. The first-order valence-corrected chi connectivity index (χ1v) is 11.0. The number of aromatic nitrogens is 1. The molecular formula is C28H19F2N3O3. The van der Waals surface area contributed by atoms with Crippen molar-refractivity contribution < 1.29 is 23.1 Å². The molecule has 0 saturated heterocycles. The molecule has 1 aromatic heterocycles. The van der Waals surface area contributed by atoms with E-state index in [1.807, 2.05) is 30.3 Å². The Hall–Kier alpha value is -4.85. The molecule has 178 valence electrons. The Balaban J connectivity index is 1.51. The quantitative estimate of drug-likeness (QED) is 0.151. The zero-order valence-electron chi connectivity index (χ0n) is 18.8. The van der Waals surface area contributed by atoms with Crippen LogP contribution in [-0.2, 0) is 6.61 Å². The van der Waals surface area contributed by atoms with Crippen LogP contribution >= 0.6 is 0 Å². The fraction of sp³-hybridized carbons (Fsp3) is 0.0357. The van der Waals surface area contributed by atoms with Gasteiger partial charge in [0.2, 0.25) is 11.6 Å². The van der Waals surface area contributed by atoms with Gasteiger partial charge in [-0.15, -0.1) is 0 Å². The highest BCUT2D eigenvalue weighted by molar-refractivity contribution is 6.32. The minimum atomic E-state index is -0.927. The van der Waals surface area contributed by atoms with Crippen molar-refractivity contribution in [3.05, 3.63) is 131 Å². The standard InChI is InChI=1S/C28H19F2N3O3/c29-20-10-18(11-21(30)13-20)26(34)25(28-32-23-8-4-5-9-24(23)33-28)27(35)19-12-22(15-31-14-19)36-16-17-6-2-1-3-7-17/h1-15,32-33H,16H2. The second-order valence-electron chi connectivity index (χ2n) is 8.05. The number of carbonyl (C=O) groups excluding carboxylic acids is 2. The fourth-order valence-corrected chi connectivity index (χ4v) is 3.79. The van der Waals surface area contributed by atoms with E-state index in [4.69, 9.17) is 4.74 Å². The summed E-state index contributed by atoms with van der Waals surface area (Å²) in [6.07, 6.45) is 2.76. The van der Waals surface area contributed by atoms with E-state index >= 15 is 0 Å². The monoisotopic (exact) mass is 483 g/mol. The summed E-state index contributed by atoms with van der Waals surface area (Å²) >= 11 is 0. The molecule has 1 aliphatic rings. The number of halogens is 2. The smallest absolute Gasteiger partial charge is 0.202 e. The third-order valence-corrected chi connectivity index (χ3v) is 5.50. The number of nitrogens with one attached hydrogen (secondary N) is 2. The molecule has 0 saturated carbocycles. The first-order valence-electron chi connectivity index (χ1n) is 11.0. The number of ether oxygens (including phenoxy) is 1. The van der Waals surface area contributed by atoms with Gasteiger partial charge in [0.05, 0.1) is 17.6 Å². The van der Waals surface area contributed by atoms with Crippen molar-refractivity contribution in [2.45, 2.75) is 6.61 Å². The number of ketones is 2. The summed E-state index contributed by atoms with van der Waals surface area (Å²) in [4.78, 5) is 31.2. The molecule has 3 aromatic carbocycles. The molecule has 8 heteroatoms. The molecule has 0 bridgehead atoms. The minimum Gasteiger partial charge on any atom is -0.487 e.